The summed E-state index contributed by atoms with van der Waals surface area (Å²) >= 11 is 6.06. The molecule has 0 aliphatic carbocycles. The summed E-state index contributed by atoms with van der Waals surface area (Å²) in [4.78, 5) is 27.6. The van der Waals surface area contributed by atoms with Crippen LogP contribution < -0.4 is 11.1 Å². The molecule has 23 heavy (non-hydrogen) atoms. The van der Waals surface area contributed by atoms with Crippen molar-refractivity contribution in [2.45, 2.75) is 6.54 Å². The van der Waals surface area contributed by atoms with Gasteiger partial charge in [0.1, 0.15) is 6.54 Å². The number of nitrogens with one attached hydrogen (secondary N) is 1. The van der Waals surface area contributed by atoms with Crippen molar-refractivity contribution in [2.24, 2.45) is 5.73 Å². The van der Waals surface area contributed by atoms with E-state index in [4.69, 9.17) is 17.3 Å². The molecule has 8 heteroatoms. The van der Waals surface area contributed by atoms with Gasteiger partial charge in [-0.1, -0.05) is 17.7 Å². The molecule has 1 aromatic carbocycles. The number of pyridine rings is 1. The van der Waals surface area contributed by atoms with Crippen LogP contribution in [0.1, 0.15) is 10.4 Å². The van der Waals surface area contributed by atoms with Gasteiger partial charge in [-0.05, 0) is 18.2 Å². The summed E-state index contributed by atoms with van der Waals surface area (Å²) < 4.78 is 1.34. The zero-order valence-corrected chi connectivity index (χ0v) is 12.6. The van der Waals surface area contributed by atoms with Crippen LogP contribution in [0.5, 0.6) is 0 Å². The number of benzene rings is 1. The van der Waals surface area contributed by atoms with Gasteiger partial charge in [0.2, 0.25) is 5.91 Å². The Balaban J connectivity index is 1.89. The minimum absolute atomic E-state index is 0.0580. The van der Waals surface area contributed by atoms with E-state index in [1.165, 1.54) is 17.1 Å². The Kier molecular flexibility index (Phi) is 3.94. The van der Waals surface area contributed by atoms with Gasteiger partial charge in [0.15, 0.2) is 0 Å². The highest BCUT2D eigenvalue weighted by atomic mass is 35.5. The lowest BCUT2D eigenvalue weighted by Crippen LogP contribution is -2.18. The van der Waals surface area contributed by atoms with E-state index in [1.807, 2.05) is 6.07 Å². The molecule has 0 saturated carbocycles. The summed E-state index contributed by atoms with van der Waals surface area (Å²) in [6.45, 7) is -0.0580. The number of primary amides is 1. The highest BCUT2D eigenvalue weighted by Crippen LogP contribution is 2.23. The third kappa shape index (κ3) is 3.29. The second-order valence-corrected chi connectivity index (χ2v) is 5.31. The monoisotopic (exact) mass is 329 g/mol. The molecule has 0 spiro atoms. The van der Waals surface area contributed by atoms with Crippen LogP contribution in [-0.2, 0) is 11.3 Å². The number of rotatable bonds is 4. The van der Waals surface area contributed by atoms with Gasteiger partial charge in [-0.25, -0.2) is 0 Å². The minimum Gasteiger partial charge on any atom is -0.368 e. The molecule has 0 aliphatic rings. The van der Waals surface area contributed by atoms with Crippen molar-refractivity contribution in [1.82, 2.24) is 14.8 Å². The van der Waals surface area contributed by atoms with Crippen LogP contribution in [0, 0.1) is 0 Å². The van der Waals surface area contributed by atoms with E-state index in [1.54, 1.807) is 24.4 Å². The van der Waals surface area contributed by atoms with E-state index in [0.717, 1.165) is 5.39 Å². The third-order valence-corrected chi connectivity index (χ3v) is 3.34. The number of amides is 2. The molecule has 0 radical (unpaired) electrons. The van der Waals surface area contributed by atoms with E-state index < -0.39 is 5.91 Å². The lowest BCUT2D eigenvalue weighted by atomic mass is 10.1. The molecule has 116 valence electrons. The Morgan fingerprint density at radius 2 is 2.17 bits per heavy atom. The first-order valence-corrected chi connectivity index (χ1v) is 7.07. The smallest absolute Gasteiger partial charge is 0.258 e. The van der Waals surface area contributed by atoms with Crippen LogP contribution in [0.25, 0.3) is 10.9 Å². The van der Waals surface area contributed by atoms with Gasteiger partial charge >= 0.3 is 0 Å². The number of nitrogens with two attached hydrogens (primary N) is 1. The number of anilines is 1. The summed E-state index contributed by atoms with van der Waals surface area (Å²) in [5, 5.41) is 7.86. The largest absolute Gasteiger partial charge is 0.368 e. The highest BCUT2D eigenvalue weighted by molar-refractivity contribution is 6.32. The van der Waals surface area contributed by atoms with Gasteiger partial charge in [0, 0.05) is 22.8 Å². The van der Waals surface area contributed by atoms with Gasteiger partial charge in [-0.2, -0.15) is 5.10 Å². The number of carbonyl (C=O) groups excluding carboxylic acids is 2. The molecular weight excluding hydrogens is 318 g/mol. The van der Waals surface area contributed by atoms with Gasteiger partial charge in [-0.15, -0.1) is 0 Å². The molecule has 0 fully saturated rings. The van der Waals surface area contributed by atoms with Crippen LogP contribution in [0.2, 0.25) is 5.02 Å². The predicted molar refractivity (Wildman–Crippen MR) is 86.1 cm³/mol. The van der Waals surface area contributed by atoms with Crippen LogP contribution in [0.15, 0.2) is 42.9 Å². The molecular formula is C15H12ClN5O2. The molecule has 2 amide bonds. The summed E-state index contributed by atoms with van der Waals surface area (Å²) in [6.07, 6.45) is 4.56. The van der Waals surface area contributed by atoms with E-state index in [-0.39, 0.29) is 12.5 Å². The van der Waals surface area contributed by atoms with Crippen LogP contribution in [-0.4, -0.2) is 26.6 Å². The second kappa shape index (κ2) is 6.05. The minimum atomic E-state index is -0.518. The quantitative estimate of drug-likeness (QED) is 0.762. The number of nitrogens with zero attached hydrogens (tertiary/aromatic N) is 3. The van der Waals surface area contributed by atoms with Crippen molar-refractivity contribution >= 4 is 40.0 Å². The average molecular weight is 330 g/mol. The molecule has 0 aliphatic heterocycles. The topological polar surface area (TPSA) is 103 Å². The number of aromatic nitrogens is 3. The Morgan fingerprint density at radius 3 is 2.96 bits per heavy atom. The fourth-order valence-corrected chi connectivity index (χ4v) is 2.43. The lowest BCUT2D eigenvalue weighted by molar-refractivity contribution is -0.118. The van der Waals surface area contributed by atoms with E-state index in [9.17, 15) is 9.59 Å². The van der Waals surface area contributed by atoms with Crippen LogP contribution in [0.3, 0.4) is 0 Å². The Bertz CT molecular complexity index is 906. The Hall–Kier alpha value is -2.93. The molecule has 0 atom stereocenters. The van der Waals surface area contributed by atoms with Crippen molar-refractivity contribution in [3.63, 3.8) is 0 Å². The summed E-state index contributed by atoms with van der Waals surface area (Å²) in [6, 6.07) is 6.90. The lowest BCUT2D eigenvalue weighted by Gasteiger charge is -2.06. The van der Waals surface area contributed by atoms with E-state index in [2.05, 4.69) is 15.4 Å². The van der Waals surface area contributed by atoms with Gasteiger partial charge in [-0.3, -0.25) is 19.3 Å². The molecule has 0 unspecified atom stereocenters. The molecule has 3 N–H and O–H groups in total. The molecule has 3 aromatic rings. The zero-order valence-electron chi connectivity index (χ0n) is 11.9. The molecule has 3 rings (SSSR count). The number of carbonyl (C=O) groups is 2. The number of fused-ring (bicyclic) bond motifs is 1. The maximum absolute atomic E-state index is 12.5. The van der Waals surface area contributed by atoms with Gasteiger partial charge < -0.3 is 11.1 Å². The highest BCUT2D eigenvalue weighted by Gasteiger charge is 2.14. The van der Waals surface area contributed by atoms with Crippen molar-refractivity contribution < 1.29 is 9.59 Å². The Morgan fingerprint density at radius 1 is 1.35 bits per heavy atom. The SMILES string of the molecule is NC(=O)Cn1cc(NC(=O)c2cc(Cl)cc3cccnc23)cn1. The average Bonchev–Trinajstić information content (AvgIpc) is 2.92. The number of halogens is 1. The van der Waals surface area contributed by atoms with Crippen molar-refractivity contribution in [3.8, 4) is 0 Å². The third-order valence-electron chi connectivity index (χ3n) is 3.12. The molecule has 7 nitrogen and oxygen atoms in total. The first-order chi connectivity index (χ1) is 11.0. The standard InChI is InChI=1S/C15H12ClN5O2/c16-10-4-9-2-1-3-18-14(9)12(5-10)15(23)20-11-6-19-21(7-11)8-13(17)22/h1-7H,8H2,(H2,17,22)(H,20,23). The number of hydrogen-bond acceptors (Lipinski definition) is 4. The molecule has 2 aromatic heterocycles. The molecule has 0 saturated heterocycles. The normalized spacial score (nSPS) is 10.7. The van der Waals surface area contributed by atoms with Crippen molar-refractivity contribution in [1.29, 1.82) is 0 Å². The fraction of sp³-hybridized carbons (Fsp3) is 0.0667. The van der Waals surface area contributed by atoms with Crippen LogP contribution in [0.4, 0.5) is 5.69 Å². The molecule has 0 bridgehead atoms. The first-order valence-electron chi connectivity index (χ1n) is 6.69. The maximum Gasteiger partial charge on any atom is 0.258 e. The second-order valence-electron chi connectivity index (χ2n) is 4.88. The summed E-state index contributed by atoms with van der Waals surface area (Å²) in [7, 11) is 0. The Labute approximate surface area is 136 Å². The van der Waals surface area contributed by atoms with Crippen molar-refractivity contribution in [2.75, 3.05) is 5.32 Å². The first kappa shape index (κ1) is 15.0. The van der Waals surface area contributed by atoms with Crippen molar-refractivity contribution in [3.05, 3.63) is 53.4 Å². The summed E-state index contributed by atoms with van der Waals surface area (Å²) in [5.74, 6) is -0.883. The van der Waals surface area contributed by atoms with E-state index >= 15 is 0 Å². The van der Waals surface area contributed by atoms with E-state index in [0.29, 0.717) is 21.8 Å². The maximum atomic E-state index is 12.5. The van der Waals surface area contributed by atoms with Crippen LogP contribution >= 0.6 is 11.6 Å². The fourth-order valence-electron chi connectivity index (χ4n) is 2.20. The zero-order chi connectivity index (χ0) is 16.4. The van der Waals surface area contributed by atoms with Gasteiger partial charge in [0.25, 0.3) is 5.91 Å². The molecule has 2 heterocycles. The predicted octanol–water partition coefficient (Wildman–Crippen LogP) is 1.82. The van der Waals surface area contributed by atoms with Gasteiger partial charge in [0.05, 0.1) is 23.0 Å². The number of hydrogen-bond donors (Lipinski definition) is 2. The summed E-state index contributed by atoms with van der Waals surface area (Å²) in [5.41, 5.74) is 6.45.